The molecule has 38 heavy (non-hydrogen) atoms. The molecule has 0 aliphatic carbocycles. The lowest BCUT2D eigenvalue weighted by Crippen LogP contribution is -2.29. The van der Waals surface area contributed by atoms with Crippen molar-refractivity contribution < 1.29 is 33.6 Å². The van der Waals surface area contributed by atoms with E-state index in [9.17, 15) is 14.7 Å². The summed E-state index contributed by atoms with van der Waals surface area (Å²) in [6.45, 7) is 10.8. The topological polar surface area (TPSA) is 96.2 Å². The van der Waals surface area contributed by atoms with Crippen LogP contribution < -0.4 is 4.74 Å². The van der Waals surface area contributed by atoms with E-state index in [0.717, 1.165) is 50.0 Å². The van der Waals surface area contributed by atoms with Gasteiger partial charge in [-0.05, 0) is 63.3 Å². The van der Waals surface area contributed by atoms with E-state index < -0.39 is 12.1 Å². The Morgan fingerprint density at radius 3 is 2.29 bits per heavy atom. The Balaban J connectivity index is 1.92. The summed E-state index contributed by atoms with van der Waals surface area (Å²) in [5.41, 5.74) is 2.42. The molecule has 0 aliphatic rings. The number of nitrogens with zero attached hydrogens (tertiary/aromatic N) is 1. The van der Waals surface area contributed by atoms with E-state index in [2.05, 4.69) is 18.4 Å². The highest BCUT2D eigenvalue weighted by atomic mass is 16.5. The summed E-state index contributed by atoms with van der Waals surface area (Å²) in [4.78, 5) is 24.1. The molecule has 2 rings (SSSR count). The van der Waals surface area contributed by atoms with Crippen LogP contribution in [-0.4, -0.2) is 60.2 Å². The van der Waals surface area contributed by atoms with Crippen LogP contribution in [0.3, 0.4) is 0 Å². The summed E-state index contributed by atoms with van der Waals surface area (Å²) < 4.78 is 24.7. The number of benzene rings is 1. The van der Waals surface area contributed by atoms with E-state index in [1.54, 1.807) is 0 Å². The predicted octanol–water partition coefficient (Wildman–Crippen LogP) is 5.69. The maximum Gasteiger partial charge on any atom is 0.339 e. The number of esters is 1. The smallest absolute Gasteiger partial charge is 0.339 e. The molecule has 0 aliphatic heterocycles. The molecule has 0 saturated heterocycles. The number of carbonyl (C=O) groups excluding carboxylic acids is 1. The molecule has 1 unspecified atom stereocenters. The van der Waals surface area contributed by atoms with Crippen LogP contribution >= 0.6 is 0 Å². The zero-order chi connectivity index (χ0) is 27.8. The standard InChI is InChI=1S/C30H45NO7/c1-5-7-18-35-21-17-31-16-15-26(30(34)37-19-8-6-2)27(31)10-9-20-36-25-13-11-24(12-14-25)22-28(29(32)33)38-23(3)4/h11-16,23,28H,5-10,17-22H2,1-4H3,(H,32,33). The molecule has 1 aromatic carbocycles. The van der Waals surface area contributed by atoms with Crippen LogP contribution in [-0.2, 0) is 38.4 Å². The Morgan fingerprint density at radius 1 is 0.921 bits per heavy atom. The van der Waals surface area contributed by atoms with Crippen molar-refractivity contribution in [1.82, 2.24) is 4.57 Å². The lowest BCUT2D eigenvalue weighted by molar-refractivity contribution is -0.153. The number of carboxylic acids is 1. The SMILES string of the molecule is CCCCOCCn1ccc(C(=O)OCCCC)c1CCCOc1ccc(CC(OC(C)C)C(=O)O)cc1. The molecule has 0 spiro atoms. The molecule has 0 saturated carbocycles. The second-order valence-corrected chi connectivity index (χ2v) is 9.64. The first kappa shape index (κ1) is 31.4. The van der Waals surface area contributed by atoms with Gasteiger partial charge in [0.2, 0.25) is 0 Å². The lowest BCUT2D eigenvalue weighted by Gasteiger charge is -2.16. The Bertz CT molecular complexity index is 952. The first-order chi connectivity index (χ1) is 18.3. The van der Waals surface area contributed by atoms with E-state index in [4.69, 9.17) is 18.9 Å². The van der Waals surface area contributed by atoms with Crippen molar-refractivity contribution in [3.63, 3.8) is 0 Å². The molecular formula is C30H45NO7. The number of aliphatic carboxylic acids is 1. The van der Waals surface area contributed by atoms with E-state index in [1.165, 1.54) is 0 Å². The van der Waals surface area contributed by atoms with E-state index in [0.29, 0.717) is 50.5 Å². The van der Waals surface area contributed by atoms with Crippen LogP contribution in [0.5, 0.6) is 5.75 Å². The fraction of sp³-hybridized carbons (Fsp3) is 0.600. The molecule has 0 fully saturated rings. The van der Waals surface area contributed by atoms with Crippen molar-refractivity contribution in [2.75, 3.05) is 26.4 Å². The number of carbonyl (C=O) groups is 2. The first-order valence-electron chi connectivity index (χ1n) is 13.9. The van der Waals surface area contributed by atoms with Gasteiger partial charge in [0.1, 0.15) is 5.75 Å². The maximum absolute atomic E-state index is 12.7. The van der Waals surface area contributed by atoms with Gasteiger partial charge in [0, 0.05) is 31.5 Å². The van der Waals surface area contributed by atoms with Gasteiger partial charge in [-0.3, -0.25) is 0 Å². The van der Waals surface area contributed by atoms with Gasteiger partial charge < -0.3 is 28.6 Å². The number of hydrogen-bond acceptors (Lipinski definition) is 6. The summed E-state index contributed by atoms with van der Waals surface area (Å²) in [7, 11) is 0. The van der Waals surface area contributed by atoms with Crippen LogP contribution in [0.25, 0.3) is 0 Å². The highest BCUT2D eigenvalue weighted by Gasteiger charge is 2.20. The van der Waals surface area contributed by atoms with Gasteiger partial charge in [-0.25, -0.2) is 9.59 Å². The quantitative estimate of drug-likeness (QED) is 0.173. The fourth-order valence-corrected chi connectivity index (χ4v) is 3.96. The Morgan fingerprint density at radius 2 is 1.63 bits per heavy atom. The third kappa shape index (κ3) is 11.3. The number of aromatic nitrogens is 1. The minimum Gasteiger partial charge on any atom is -0.494 e. The molecule has 1 N–H and O–H groups in total. The monoisotopic (exact) mass is 531 g/mol. The van der Waals surface area contributed by atoms with Gasteiger partial charge in [-0.15, -0.1) is 0 Å². The van der Waals surface area contributed by atoms with Gasteiger partial charge in [-0.1, -0.05) is 38.8 Å². The third-order valence-electron chi connectivity index (χ3n) is 6.03. The molecule has 0 radical (unpaired) electrons. The molecule has 8 nitrogen and oxygen atoms in total. The summed E-state index contributed by atoms with van der Waals surface area (Å²) in [5.74, 6) is -0.536. The van der Waals surface area contributed by atoms with Crippen LogP contribution in [0, 0.1) is 0 Å². The second kappa shape index (κ2) is 17.6. The minimum absolute atomic E-state index is 0.160. The average molecular weight is 532 g/mol. The molecule has 2 aromatic rings. The van der Waals surface area contributed by atoms with Crippen LogP contribution in [0.1, 0.15) is 81.4 Å². The lowest BCUT2D eigenvalue weighted by atomic mass is 10.1. The van der Waals surface area contributed by atoms with Crippen molar-refractivity contribution in [1.29, 1.82) is 0 Å². The van der Waals surface area contributed by atoms with Gasteiger partial charge >= 0.3 is 11.9 Å². The van der Waals surface area contributed by atoms with Gasteiger partial charge in [0.25, 0.3) is 0 Å². The first-order valence-corrected chi connectivity index (χ1v) is 13.9. The molecule has 1 atom stereocenters. The summed E-state index contributed by atoms with van der Waals surface area (Å²) >= 11 is 0. The molecule has 1 heterocycles. The zero-order valence-electron chi connectivity index (χ0n) is 23.4. The summed E-state index contributed by atoms with van der Waals surface area (Å²) in [6.07, 6.45) is 6.54. The van der Waals surface area contributed by atoms with Crippen molar-refractivity contribution >= 4 is 11.9 Å². The van der Waals surface area contributed by atoms with Gasteiger partial charge in [0.05, 0.1) is 31.5 Å². The fourth-order valence-electron chi connectivity index (χ4n) is 3.96. The number of rotatable bonds is 20. The van der Waals surface area contributed by atoms with Crippen molar-refractivity contribution in [2.45, 2.75) is 91.4 Å². The Labute approximate surface area is 227 Å². The van der Waals surface area contributed by atoms with Crippen LogP contribution in [0.4, 0.5) is 0 Å². The average Bonchev–Trinajstić information content (AvgIpc) is 3.29. The Kier molecular flexibility index (Phi) is 14.6. The van der Waals surface area contributed by atoms with E-state index >= 15 is 0 Å². The summed E-state index contributed by atoms with van der Waals surface area (Å²) in [5, 5.41) is 9.38. The highest BCUT2D eigenvalue weighted by Crippen LogP contribution is 2.18. The van der Waals surface area contributed by atoms with Crippen LogP contribution in [0.15, 0.2) is 36.5 Å². The molecule has 0 bridgehead atoms. The molecular weight excluding hydrogens is 486 g/mol. The minimum atomic E-state index is -0.968. The van der Waals surface area contributed by atoms with Gasteiger partial charge in [-0.2, -0.15) is 0 Å². The number of carboxylic acid groups (broad SMARTS) is 1. The van der Waals surface area contributed by atoms with E-state index in [1.807, 2.05) is 50.4 Å². The molecule has 0 amide bonds. The predicted molar refractivity (Wildman–Crippen MR) is 147 cm³/mol. The second-order valence-electron chi connectivity index (χ2n) is 9.64. The van der Waals surface area contributed by atoms with Crippen molar-refractivity contribution in [3.8, 4) is 5.75 Å². The number of hydrogen-bond donors (Lipinski definition) is 1. The maximum atomic E-state index is 12.7. The molecule has 8 heteroatoms. The third-order valence-corrected chi connectivity index (χ3v) is 6.03. The number of ether oxygens (including phenoxy) is 4. The van der Waals surface area contributed by atoms with Crippen molar-refractivity contribution in [3.05, 3.63) is 53.3 Å². The van der Waals surface area contributed by atoms with Crippen LogP contribution in [0.2, 0.25) is 0 Å². The normalized spacial score (nSPS) is 12.0. The summed E-state index contributed by atoms with van der Waals surface area (Å²) in [6, 6.07) is 9.25. The van der Waals surface area contributed by atoms with E-state index in [-0.39, 0.29) is 12.1 Å². The van der Waals surface area contributed by atoms with Gasteiger partial charge in [0.15, 0.2) is 6.10 Å². The Hall–Kier alpha value is -2.84. The largest absolute Gasteiger partial charge is 0.494 e. The molecule has 212 valence electrons. The zero-order valence-corrected chi connectivity index (χ0v) is 23.4. The number of unbranched alkanes of at least 4 members (excludes halogenated alkanes) is 2. The van der Waals surface area contributed by atoms with Crippen molar-refractivity contribution in [2.24, 2.45) is 0 Å². The highest BCUT2D eigenvalue weighted by molar-refractivity contribution is 5.90. The molecule has 1 aromatic heterocycles.